The first-order valence-electron chi connectivity index (χ1n) is 4.46. The Hall–Kier alpha value is -0.350. The molecule has 0 aliphatic heterocycles. The van der Waals surface area contributed by atoms with E-state index in [9.17, 15) is 9.59 Å². The molecule has 0 saturated heterocycles. The zero-order valence-electron chi connectivity index (χ0n) is 8.66. The van der Waals surface area contributed by atoms with Crippen molar-refractivity contribution in [2.24, 2.45) is 0 Å². The fraction of sp³-hybridized carbons (Fsp3) is 0.200. The summed E-state index contributed by atoms with van der Waals surface area (Å²) >= 11 is 6.79. The van der Waals surface area contributed by atoms with Crippen LogP contribution in [-0.4, -0.2) is 44.8 Å². The van der Waals surface area contributed by atoms with E-state index in [4.69, 9.17) is 16.7 Å². The van der Waals surface area contributed by atoms with Crippen molar-refractivity contribution in [3.8, 4) is 0 Å². The Bertz CT molecular complexity index is 331. The fourth-order valence-electron chi connectivity index (χ4n) is 0.702. The van der Waals surface area contributed by atoms with Gasteiger partial charge in [0, 0.05) is 6.42 Å². The second-order valence-electron chi connectivity index (χ2n) is 2.83. The Morgan fingerprint density at radius 3 is 2.13 bits per heavy atom. The maximum atomic E-state index is 9.91. The van der Waals surface area contributed by atoms with Crippen molar-refractivity contribution in [1.29, 1.82) is 0 Å². The molecular weight excluding hydrogens is 227 g/mol. The molecule has 76 valence electrons. The number of aliphatic carboxylic acids is 1. The molecule has 1 rings (SSSR count). The van der Waals surface area contributed by atoms with Gasteiger partial charge >= 0.3 is 77.6 Å². The molecule has 1 N–H and O–H groups in total. The molecule has 0 fully saturated rings. The SMILES string of the molecule is CCC(=O)C(=O)O.[Na][c]1ccccc1Cl. The zero-order valence-corrected chi connectivity index (χ0v) is 11.4. The molecular formula is C10H10ClNaO3. The van der Waals surface area contributed by atoms with Crippen LogP contribution in [0.5, 0.6) is 0 Å². The Kier molecular flexibility index (Phi) is 7.70. The van der Waals surface area contributed by atoms with Crippen LogP contribution in [0.2, 0.25) is 5.02 Å². The molecule has 0 aromatic heterocycles. The van der Waals surface area contributed by atoms with Gasteiger partial charge in [0.2, 0.25) is 5.78 Å². The normalized spacial score (nSPS) is 8.80. The minimum absolute atomic E-state index is 0.0787. The molecule has 0 atom stereocenters. The van der Waals surface area contributed by atoms with Crippen molar-refractivity contribution in [3.63, 3.8) is 0 Å². The van der Waals surface area contributed by atoms with Crippen molar-refractivity contribution >= 4 is 54.1 Å². The van der Waals surface area contributed by atoms with Crippen LogP contribution in [0.1, 0.15) is 13.3 Å². The average Bonchev–Trinajstić information content (AvgIpc) is 2.22. The number of rotatable bonds is 2. The Balaban J connectivity index is 0.000000265. The summed E-state index contributed by atoms with van der Waals surface area (Å²) in [6.07, 6.45) is 0.0787. The summed E-state index contributed by atoms with van der Waals surface area (Å²) in [7, 11) is 0. The fourth-order valence-corrected chi connectivity index (χ4v) is 1.20. The van der Waals surface area contributed by atoms with Crippen molar-refractivity contribution in [3.05, 3.63) is 29.3 Å². The maximum absolute atomic E-state index is 9.91. The molecule has 0 bridgehead atoms. The monoisotopic (exact) mass is 236 g/mol. The molecule has 5 heteroatoms. The van der Waals surface area contributed by atoms with E-state index in [-0.39, 0.29) is 6.42 Å². The molecule has 3 nitrogen and oxygen atoms in total. The summed E-state index contributed by atoms with van der Waals surface area (Å²) in [5.41, 5.74) is 0. The van der Waals surface area contributed by atoms with Crippen LogP contribution in [0.3, 0.4) is 0 Å². The van der Waals surface area contributed by atoms with Gasteiger partial charge in [-0.15, -0.1) is 0 Å². The van der Waals surface area contributed by atoms with E-state index in [1.54, 1.807) is 0 Å². The van der Waals surface area contributed by atoms with Crippen LogP contribution < -0.4 is 2.81 Å². The van der Waals surface area contributed by atoms with Gasteiger partial charge in [0.15, 0.2) is 0 Å². The van der Waals surface area contributed by atoms with Gasteiger partial charge in [-0.05, 0) is 0 Å². The molecule has 1 aromatic carbocycles. The first-order valence-corrected chi connectivity index (χ1v) is 5.84. The third-order valence-corrected chi connectivity index (χ3v) is 3.25. The van der Waals surface area contributed by atoms with Crippen molar-refractivity contribution < 1.29 is 14.7 Å². The summed E-state index contributed by atoms with van der Waals surface area (Å²) in [5.74, 6) is -2.08. The molecule has 1 aromatic rings. The molecule has 15 heavy (non-hydrogen) atoms. The number of hydrogen-bond donors (Lipinski definition) is 1. The van der Waals surface area contributed by atoms with E-state index in [0.717, 1.165) is 33.0 Å². The van der Waals surface area contributed by atoms with Crippen LogP contribution >= 0.6 is 11.6 Å². The van der Waals surface area contributed by atoms with Crippen LogP contribution in [0.4, 0.5) is 0 Å². The molecule has 0 heterocycles. The summed E-state index contributed by atoms with van der Waals surface area (Å²) in [6, 6.07) is 7.93. The zero-order chi connectivity index (χ0) is 11.8. The van der Waals surface area contributed by atoms with Crippen LogP contribution in [-0.2, 0) is 9.59 Å². The molecule has 0 saturated carbocycles. The predicted molar refractivity (Wildman–Crippen MR) is 59.8 cm³/mol. The van der Waals surface area contributed by atoms with E-state index >= 15 is 0 Å². The second kappa shape index (κ2) is 7.88. The predicted octanol–water partition coefficient (Wildman–Crippen LogP) is 1.18. The van der Waals surface area contributed by atoms with E-state index in [2.05, 4.69) is 6.07 Å². The van der Waals surface area contributed by atoms with Gasteiger partial charge in [-0.25, -0.2) is 4.79 Å². The molecule has 0 radical (unpaired) electrons. The van der Waals surface area contributed by atoms with Crippen LogP contribution in [0, 0.1) is 0 Å². The number of carbonyl (C=O) groups excluding carboxylic acids is 1. The Morgan fingerprint density at radius 1 is 1.40 bits per heavy atom. The molecule has 0 aliphatic carbocycles. The van der Waals surface area contributed by atoms with Crippen LogP contribution in [0.15, 0.2) is 24.3 Å². The van der Waals surface area contributed by atoms with Crippen molar-refractivity contribution in [2.45, 2.75) is 13.3 Å². The number of carboxylic acids is 1. The van der Waals surface area contributed by atoms with Gasteiger partial charge in [-0.1, -0.05) is 6.92 Å². The number of ketones is 1. The number of Topliss-reactive ketones (excluding diaryl/α,β-unsaturated/α-hetero) is 1. The number of halogens is 1. The van der Waals surface area contributed by atoms with E-state index in [0.29, 0.717) is 0 Å². The standard InChI is InChI=1S/C6H4Cl.C4H6O3.Na/c7-6-4-2-1-3-5-6;1-2-3(5)4(6)7;/h1-4H;2H2,1H3,(H,6,7);. The molecule has 0 amide bonds. The second-order valence-corrected chi connectivity index (χ2v) is 4.32. The van der Waals surface area contributed by atoms with E-state index in [1.807, 2.05) is 18.2 Å². The van der Waals surface area contributed by atoms with Gasteiger partial charge in [0.1, 0.15) is 0 Å². The van der Waals surface area contributed by atoms with Crippen LogP contribution in [0.25, 0.3) is 0 Å². The van der Waals surface area contributed by atoms with Gasteiger partial charge in [-0.2, -0.15) is 0 Å². The van der Waals surface area contributed by atoms with Gasteiger partial charge in [0.25, 0.3) is 0 Å². The van der Waals surface area contributed by atoms with Gasteiger partial charge < -0.3 is 5.11 Å². The molecule has 0 aliphatic rings. The number of hydrogen-bond acceptors (Lipinski definition) is 2. The minimum atomic E-state index is -1.34. The van der Waals surface area contributed by atoms with Gasteiger partial charge in [-0.3, -0.25) is 4.79 Å². The summed E-state index contributed by atoms with van der Waals surface area (Å²) in [4.78, 5) is 19.5. The molecule has 0 spiro atoms. The topological polar surface area (TPSA) is 54.4 Å². The summed E-state index contributed by atoms with van der Waals surface area (Å²) < 4.78 is 1.27. The van der Waals surface area contributed by atoms with Crippen molar-refractivity contribution in [2.75, 3.05) is 0 Å². The Labute approximate surface area is 111 Å². The molecule has 0 unspecified atom stereocenters. The Morgan fingerprint density at radius 2 is 1.93 bits per heavy atom. The van der Waals surface area contributed by atoms with E-state index < -0.39 is 11.8 Å². The summed E-state index contributed by atoms with van der Waals surface area (Å²) in [5, 5.41) is 8.73. The number of benzene rings is 1. The van der Waals surface area contributed by atoms with E-state index in [1.165, 1.54) is 9.74 Å². The first-order chi connectivity index (χ1) is 6.99. The van der Waals surface area contributed by atoms with Gasteiger partial charge in [0.05, 0.1) is 0 Å². The summed E-state index contributed by atoms with van der Waals surface area (Å²) in [6.45, 7) is 1.51. The average molecular weight is 237 g/mol. The quantitative estimate of drug-likeness (QED) is 0.620. The third kappa shape index (κ3) is 6.68. The third-order valence-electron chi connectivity index (χ3n) is 1.64. The number of carbonyl (C=O) groups is 2. The van der Waals surface area contributed by atoms with Crippen molar-refractivity contribution in [1.82, 2.24) is 0 Å². The number of carboxylic acid groups (broad SMARTS) is 1. The first kappa shape index (κ1) is 14.6.